The zero-order valence-corrected chi connectivity index (χ0v) is 20.8. The number of benzene rings is 2. The van der Waals surface area contributed by atoms with Crippen LogP contribution in [0.25, 0.3) is 11.3 Å². The number of anilines is 1. The van der Waals surface area contributed by atoms with Crippen molar-refractivity contribution in [1.29, 1.82) is 0 Å². The van der Waals surface area contributed by atoms with Gasteiger partial charge in [0.15, 0.2) is 0 Å². The minimum Gasteiger partial charge on any atom is -0.267 e. The van der Waals surface area contributed by atoms with Crippen LogP contribution < -0.4 is 4.72 Å². The summed E-state index contributed by atoms with van der Waals surface area (Å²) in [5, 5.41) is 13.1. The lowest BCUT2D eigenvalue weighted by Crippen LogP contribution is -2.15. The Morgan fingerprint density at radius 3 is 2.29 bits per heavy atom. The summed E-state index contributed by atoms with van der Waals surface area (Å²) in [5.74, 6) is -0.385. The van der Waals surface area contributed by atoms with Crippen LogP contribution in [0.3, 0.4) is 0 Å². The summed E-state index contributed by atoms with van der Waals surface area (Å²) in [5.41, 5.74) is 2.90. The maximum Gasteiger partial charge on any atom is 0.280 e. The summed E-state index contributed by atoms with van der Waals surface area (Å²) in [6.45, 7) is 1.74. The van der Waals surface area contributed by atoms with Crippen LogP contribution in [0.1, 0.15) is 16.1 Å². The van der Waals surface area contributed by atoms with Crippen LogP contribution >= 0.6 is 0 Å². The fourth-order valence-corrected chi connectivity index (χ4v) is 4.54. The zero-order chi connectivity index (χ0) is 26.5. The molecule has 0 saturated carbocycles. The quantitative estimate of drug-likeness (QED) is 0.297. The highest BCUT2D eigenvalue weighted by Gasteiger charge is 2.23. The van der Waals surface area contributed by atoms with Crippen LogP contribution in [0.2, 0.25) is 0 Å². The molecule has 12 heteroatoms. The average Bonchev–Trinajstić information content (AvgIpc) is 3.28. The summed E-state index contributed by atoms with van der Waals surface area (Å²) < 4.78 is 28.9. The Morgan fingerprint density at radius 1 is 0.868 bits per heavy atom. The van der Waals surface area contributed by atoms with E-state index in [1.54, 1.807) is 31.3 Å². The second kappa shape index (κ2) is 10.5. The van der Waals surface area contributed by atoms with Crippen LogP contribution in [0.4, 0.5) is 17.3 Å². The Hall–Kier alpha value is -5.10. The number of rotatable bonds is 7. The molecular weight excluding hydrogens is 504 g/mol. The van der Waals surface area contributed by atoms with E-state index in [4.69, 9.17) is 0 Å². The van der Waals surface area contributed by atoms with Crippen molar-refractivity contribution in [1.82, 2.24) is 24.7 Å². The Labute approximate surface area is 218 Å². The molecule has 0 aliphatic heterocycles. The number of nitrogens with one attached hydrogen (secondary N) is 1. The van der Waals surface area contributed by atoms with E-state index < -0.39 is 10.0 Å². The third kappa shape index (κ3) is 5.20. The minimum absolute atomic E-state index is 0.0138. The minimum atomic E-state index is -3.88. The molecule has 0 unspecified atom stereocenters. The molecule has 0 saturated heterocycles. The first-order valence-electron chi connectivity index (χ1n) is 11.3. The van der Waals surface area contributed by atoms with E-state index in [1.807, 2.05) is 30.3 Å². The third-order valence-corrected chi connectivity index (χ3v) is 6.72. The molecule has 2 aromatic carbocycles. The number of sulfonamides is 1. The summed E-state index contributed by atoms with van der Waals surface area (Å²) in [4.78, 5) is 25.1. The Bertz CT molecular complexity index is 1710. The second-order valence-electron chi connectivity index (χ2n) is 7.98. The SMILES string of the molecule is Cc1nn(C(=O)c2cccnc2)c(-c2ccccc2)c1N=Nc1ccc(S(=O)(=O)Nc2ncccn2)cc1. The van der Waals surface area contributed by atoms with Crippen LogP contribution in [0.5, 0.6) is 0 Å². The molecule has 5 rings (SSSR count). The van der Waals surface area contributed by atoms with Gasteiger partial charge in [-0.15, -0.1) is 5.11 Å². The molecule has 11 nitrogen and oxygen atoms in total. The second-order valence-corrected chi connectivity index (χ2v) is 9.66. The number of azo groups is 1. The molecule has 3 aromatic heterocycles. The van der Waals surface area contributed by atoms with Crippen molar-refractivity contribution in [3.63, 3.8) is 0 Å². The van der Waals surface area contributed by atoms with Gasteiger partial charge in [-0.2, -0.15) is 14.9 Å². The third-order valence-electron chi connectivity index (χ3n) is 5.38. The normalized spacial score (nSPS) is 11.5. The van der Waals surface area contributed by atoms with E-state index in [0.717, 1.165) is 5.56 Å². The first-order chi connectivity index (χ1) is 18.4. The van der Waals surface area contributed by atoms with Gasteiger partial charge >= 0.3 is 0 Å². The van der Waals surface area contributed by atoms with Gasteiger partial charge in [-0.25, -0.2) is 23.1 Å². The molecule has 0 spiro atoms. The van der Waals surface area contributed by atoms with Crippen molar-refractivity contribution >= 4 is 33.3 Å². The number of aromatic nitrogens is 5. The maximum atomic E-state index is 13.3. The lowest BCUT2D eigenvalue weighted by atomic mass is 10.1. The Balaban J connectivity index is 1.47. The van der Waals surface area contributed by atoms with E-state index in [9.17, 15) is 13.2 Å². The van der Waals surface area contributed by atoms with Gasteiger partial charge in [0, 0.05) is 30.4 Å². The van der Waals surface area contributed by atoms with Crippen molar-refractivity contribution in [3.8, 4) is 11.3 Å². The molecule has 188 valence electrons. The predicted molar refractivity (Wildman–Crippen MR) is 140 cm³/mol. The molecule has 5 aromatic rings. The molecule has 0 aliphatic rings. The molecule has 3 heterocycles. The maximum absolute atomic E-state index is 13.3. The number of aryl methyl sites for hydroxylation is 1. The highest BCUT2D eigenvalue weighted by atomic mass is 32.2. The topological polar surface area (TPSA) is 144 Å². The number of hydrogen-bond donors (Lipinski definition) is 1. The van der Waals surface area contributed by atoms with Crippen LogP contribution in [0, 0.1) is 6.92 Å². The summed E-state index contributed by atoms with van der Waals surface area (Å²) in [6, 6.07) is 20.1. The fourth-order valence-electron chi connectivity index (χ4n) is 3.58. The average molecular weight is 525 g/mol. The first-order valence-corrected chi connectivity index (χ1v) is 12.8. The smallest absolute Gasteiger partial charge is 0.267 e. The largest absolute Gasteiger partial charge is 0.280 e. The van der Waals surface area contributed by atoms with Gasteiger partial charge < -0.3 is 0 Å². The molecule has 38 heavy (non-hydrogen) atoms. The van der Waals surface area contributed by atoms with E-state index in [-0.39, 0.29) is 16.8 Å². The van der Waals surface area contributed by atoms with E-state index in [1.165, 1.54) is 47.5 Å². The monoisotopic (exact) mass is 524 g/mol. The summed E-state index contributed by atoms with van der Waals surface area (Å²) >= 11 is 0. The summed E-state index contributed by atoms with van der Waals surface area (Å²) in [6.07, 6.45) is 5.94. The molecular formula is C26H20N8O3S. The molecule has 1 N–H and O–H groups in total. The molecule has 0 bridgehead atoms. The van der Waals surface area contributed by atoms with Crippen molar-refractivity contribution in [2.24, 2.45) is 10.2 Å². The molecule has 0 fully saturated rings. The standard InChI is InChI=1S/C26H20N8O3S/c1-18-23(24(19-7-3-2-4-8-19)34(32-18)25(35)20-9-5-14-27-17-20)31-30-21-10-12-22(13-11-21)38(36,37)33-26-28-15-6-16-29-26/h2-17H,1H3,(H,28,29,33). The van der Waals surface area contributed by atoms with Crippen LogP contribution in [0.15, 0.2) is 113 Å². The van der Waals surface area contributed by atoms with Crippen LogP contribution in [-0.2, 0) is 10.0 Å². The van der Waals surface area contributed by atoms with E-state index in [2.05, 4.69) is 35.0 Å². The van der Waals surface area contributed by atoms with Crippen molar-refractivity contribution in [2.75, 3.05) is 4.72 Å². The van der Waals surface area contributed by atoms with Crippen molar-refractivity contribution in [2.45, 2.75) is 11.8 Å². The van der Waals surface area contributed by atoms with Gasteiger partial charge in [0.2, 0.25) is 5.95 Å². The van der Waals surface area contributed by atoms with Gasteiger partial charge in [0.05, 0.1) is 21.8 Å². The Morgan fingerprint density at radius 2 is 1.61 bits per heavy atom. The number of nitrogens with zero attached hydrogens (tertiary/aromatic N) is 7. The Kier molecular flexibility index (Phi) is 6.78. The van der Waals surface area contributed by atoms with Crippen LogP contribution in [-0.4, -0.2) is 39.1 Å². The lowest BCUT2D eigenvalue weighted by Gasteiger charge is -2.07. The number of pyridine rings is 1. The number of carbonyl (C=O) groups is 1. The summed E-state index contributed by atoms with van der Waals surface area (Å²) in [7, 11) is -3.88. The fraction of sp³-hybridized carbons (Fsp3) is 0.0385. The number of hydrogen-bond acceptors (Lipinski definition) is 9. The lowest BCUT2D eigenvalue weighted by molar-refractivity contribution is 0.0946. The predicted octanol–water partition coefficient (Wildman–Crippen LogP) is 4.95. The molecule has 0 atom stereocenters. The van der Waals surface area contributed by atoms with E-state index in [0.29, 0.717) is 28.3 Å². The van der Waals surface area contributed by atoms with Gasteiger partial charge in [-0.1, -0.05) is 30.3 Å². The molecule has 0 aliphatic carbocycles. The van der Waals surface area contributed by atoms with Gasteiger partial charge in [-0.3, -0.25) is 9.78 Å². The van der Waals surface area contributed by atoms with Gasteiger partial charge in [-0.05, 0) is 49.4 Å². The number of carbonyl (C=O) groups excluding carboxylic acids is 1. The van der Waals surface area contributed by atoms with Gasteiger partial charge in [0.25, 0.3) is 15.9 Å². The van der Waals surface area contributed by atoms with Gasteiger partial charge in [0.1, 0.15) is 11.4 Å². The van der Waals surface area contributed by atoms with Crippen molar-refractivity contribution in [3.05, 3.63) is 109 Å². The first kappa shape index (κ1) is 24.6. The molecule has 0 radical (unpaired) electrons. The molecule has 0 amide bonds. The highest BCUT2D eigenvalue weighted by molar-refractivity contribution is 7.92. The van der Waals surface area contributed by atoms with Crippen molar-refractivity contribution < 1.29 is 13.2 Å². The zero-order valence-electron chi connectivity index (χ0n) is 20.0. The highest BCUT2D eigenvalue weighted by Crippen LogP contribution is 2.35. The van der Waals surface area contributed by atoms with E-state index >= 15 is 0 Å².